The van der Waals surface area contributed by atoms with Gasteiger partial charge in [-0.3, -0.25) is 0 Å². The summed E-state index contributed by atoms with van der Waals surface area (Å²) in [7, 11) is 1.72. The molecule has 0 saturated heterocycles. The first kappa shape index (κ1) is 12.9. The predicted octanol–water partition coefficient (Wildman–Crippen LogP) is 1.68. The van der Waals surface area contributed by atoms with Crippen molar-refractivity contribution in [3.63, 3.8) is 0 Å². The minimum absolute atomic E-state index is 0.798. The minimum atomic E-state index is 0.798. The molecular weight excluding hydrogens is 190 g/mol. The van der Waals surface area contributed by atoms with Crippen molar-refractivity contribution in [3.05, 3.63) is 0 Å². The summed E-state index contributed by atoms with van der Waals surface area (Å²) in [4.78, 5) is 0. The zero-order chi connectivity index (χ0) is 10.9. The lowest BCUT2D eigenvalue weighted by Gasteiger charge is -2.11. The maximum absolute atomic E-state index is 5.45. The van der Waals surface area contributed by atoms with E-state index in [1.165, 1.54) is 12.8 Å². The summed E-state index contributed by atoms with van der Waals surface area (Å²) in [6.45, 7) is 6.89. The molecule has 0 amide bonds. The molecule has 0 bridgehead atoms. The second-order valence-corrected chi connectivity index (χ2v) is 4.48. The van der Waals surface area contributed by atoms with Crippen molar-refractivity contribution in [2.45, 2.75) is 26.2 Å². The quantitative estimate of drug-likeness (QED) is 0.562. The maximum Gasteiger partial charge on any atom is 0.0590 e. The molecule has 1 saturated carbocycles. The zero-order valence-electron chi connectivity index (χ0n) is 10.1. The SMILES string of the molecule is COCCCOCCNCC(C)C1CC1. The van der Waals surface area contributed by atoms with Gasteiger partial charge in [0.15, 0.2) is 0 Å². The van der Waals surface area contributed by atoms with E-state index in [0.29, 0.717) is 0 Å². The highest BCUT2D eigenvalue weighted by Gasteiger charge is 2.27. The van der Waals surface area contributed by atoms with Gasteiger partial charge < -0.3 is 14.8 Å². The smallest absolute Gasteiger partial charge is 0.0590 e. The maximum atomic E-state index is 5.45. The fourth-order valence-corrected chi connectivity index (χ4v) is 1.71. The van der Waals surface area contributed by atoms with E-state index in [1.54, 1.807) is 7.11 Å². The third-order valence-electron chi connectivity index (χ3n) is 2.95. The zero-order valence-corrected chi connectivity index (χ0v) is 10.1. The van der Waals surface area contributed by atoms with Gasteiger partial charge >= 0.3 is 0 Å². The van der Waals surface area contributed by atoms with Crippen LogP contribution >= 0.6 is 0 Å². The molecule has 1 unspecified atom stereocenters. The molecule has 1 aliphatic carbocycles. The third kappa shape index (κ3) is 6.88. The van der Waals surface area contributed by atoms with Crippen LogP contribution in [0.1, 0.15) is 26.2 Å². The normalized spacial score (nSPS) is 18.0. The van der Waals surface area contributed by atoms with Crippen LogP contribution in [-0.2, 0) is 9.47 Å². The van der Waals surface area contributed by atoms with Crippen molar-refractivity contribution >= 4 is 0 Å². The van der Waals surface area contributed by atoms with Gasteiger partial charge in [0.25, 0.3) is 0 Å². The second-order valence-electron chi connectivity index (χ2n) is 4.48. The van der Waals surface area contributed by atoms with E-state index in [0.717, 1.165) is 51.2 Å². The number of nitrogens with one attached hydrogen (secondary N) is 1. The van der Waals surface area contributed by atoms with Crippen molar-refractivity contribution in [3.8, 4) is 0 Å². The second kappa shape index (κ2) is 8.08. The third-order valence-corrected chi connectivity index (χ3v) is 2.95. The topological polar surface area (TPSA) is 30.5 Å². The van der Waals surface area contributed by atoms with E-state index >= 15 is 0 Å². The van der Waals surface area contributed by atoms with Crippen LogP contribution in [0.15, 0.2) is 0 Å². The van der Waals surface area contributed by atoms with Gasteiger partial charge in [0.2, 0.25) is 0 Å². The lowest BCUT2D eigenvalue weighted by molar-refractivity contribution is 0.104. The van der Waals surface area contributed by atoms with E-state index in [4.69, 9.17) is 9.47 Å². The Kier molecular flexibility index (Phi) is 6.98. The van der Waals surface area contributed by atoms with Crippen molar-refractivity contribution in [1.29, 1.82) is 0 Å². The van der Waals surface area contributed by atoms with Crippen LogP contribution in [0.2, 0.25) is 0 Å². The highest BCUT2D eigenvalue weighted by molar-refractivity contribution is 4.79. The molecule has 90 valence electrons. The Labute approximate surface area is 93.5 Å². The van der Waals surface area contributed by atoms with Gasteiger partial charge in [-0.1, -0.05) is 6.92 Å². The number of hydrogen-bond acceptors (Lipinski definition) is 3. The molecule has 3 heteroatoms. The average Bonchev–Trinajstić information content (AvgIpc) is 3.05. The Balaban J connectivity index is 1.72. The van der Waals surface area contributed by atoms with E-state index in [2.05, 4.69) is 12.2 Å². The molecular formula is C12H25NO2. The van der Waals surface area contributed by atoms with Crippen LogP contribution in [-0.4, -0.2) is 40.0 Å². The number of methoxy groups -OCH3 is 1. The first-order valence-corrected chi connectivity index (χ1v) is 6.12. The molecule has 1 fully saturated rings. The Morgan fingerprint density at radius 1 is 1.27 bits per heavy atom. The van der Waals surface area contributed by atoms with Gasteiger partial charge in [0.05, 0.1) is 6.61 Å². The number of ether oxygens (including phenoxy) is 2. The van der Waals surface area contributed by atoms with Crippen molar-refractivity contribution in [1.82, 2.24) is 5.32 Å². The molecule has 0 aromatic rings. The van der Waals surface area contributed by atoms with Crippen LogP contribution in [0.25, 0.3) is 0 Å². The number of rotatable bonds is 10. The van der Waals surface area contributed by atoms with E-state index in [-0.39, 0.29) is 0 Å². The van der Waals surface area contributed by atoms with Gasteiger partial charge in [-0.25, -0.2) is 0 Å². The number of hydrogen-bond donors (Lipinski definition) is 1. The minimum Gasteiger partial charge on any atom is -0.385 e. The van der Waals surface area contributed by atoms with Crippen LogP contribution in [0.3, 0.4) is 0 Å². The summed E-state index contributed by atoms with van der Waals surface area (Å²) in [5.74, 6) is 1.85. The molecule has 0 radical (unpaired) electrons. The fraction of sp³-hybridized carbons (Fsp3) is 1.00. The summed E-state index contributed by atoms with van der Waals surface area (Å²) in [5.41, 5.74) is 0. The molecule has 0 aromatic carbocycles. The fourth-order valence-electron chi connectivity index (χ4n) is 1.71. The summed E-state index contributed by atoms with van der Waals surface area (Å²) < 4.78 is 10.4. The highest BCUT2D eigenvalue weighted by atomic mass is 16.5. The molecule has 15 heavy (non-hydrogen) atoms. The van der Waals surface area contributed by atoms with Crippen molar-refractivity contribution < 1.29 is 9.47 Å². The summed E-state index contributed by atoms with van der Waals surface area (Å²) in [6, 6.07) is 0. The van der Waals surface area contributed by atoms with Gasteiger partial charge in [-0.05, 0) is 37.6 Å². The van der Waals surface area contributed by atoms with Gasteiger partial charge in [-0.2, -0.15) is 0 Å². The largest absolute Gasteiger partial charge is 0.385 e. The Bertz CT molecular complexity index is 149. The van der Waals surface area contributed by atoms with Crippen LogP contribution in [0.5, 0.6) is 0 Å². The van der Waals surface area contributed by atoms with E-state index in [9.17, 15) is 0 Å². The first-order chi connectivity index (χ1) is 7.34. The van der Waals surface area contributed by atoms with Crippen LogP contribution < -0.4 is 5.32 Å². The summed E-state index contributed by atoms with van der Waals surface area (Å²) >= 11 is 0. The van der Waals surface area contributed by atoms with Crippen molar-refractivity contribution in [2.24, 2.45) is 11.8 Å². The van der Waals surface area contributed by atoms with E-state index in [1.807, 2.05) is 0 Å². The lowest BCUT2D eigenvalue weighted by atomic mass is 10.1. The standard InChI is InChI=1S/C12H25NO2/c1-11(12-4-5-12)10-13-6-9-15-8-3-7-14-2/h11-13H,3-10H2,1-2H3. The summed E-state index contributed by atoms with van der Waals surface area (Å²) in [6.07, 6.45) is 3.88. The Morgan fingerprint density at radius 2 is 2.07 bits per heavy atom. The van der Waals surface area contributed by atoms with E-state index < -0.39 is 0 Å². The van der Waals surface area contributed by atoms with Gasteiger partial charge in [-0.15, -0.1) is 0 Å². The molecule has 1 N–H and O–H groups in total. The molecule has 1 atom stereocenters. The molecule has 0 aliphatic heterocycles. The highest BCUT2D eigenvalue weighted by Crippen LogP contribution is 2.35. The lowest BCUT2D eigenvalue weighted by Crippen LogP contribution is -2.26. The van der Waals surface area contributed by atoms with Crippen LogP contribution in [0.4, 0.5) is 0 Å². The van der Waals surface area contributed by atoms with Crippen molar-refractivity contribution in [2.75, 3.05) is 40.0 Å². The summed E-state index contributed by atoms with van der Waals surface area (Å²) in [5, 5.41) is 3.44. The molecule has 3 nitrogen and oxygen atoms in total. The average molecular weight is 215 g/mol. The first-order valence-electron chi connectivity index (χ1n) is 6.12. The monoisotopic (exact) mass is 215 g/mol. The molecule has 1 aliphatic rings. The predicted molar refractivity (Wildman–Crippen MR) is 62.1 cm³/mol. The Morgan fingerprint density at radius 3 is 2.73 bits per heavy atom. The Hall–Kier alpha value is -0.120. The van der Waals surface area contributed by atoms with Gasteiger partial charge in [0, 0.05) is 26.9 Å². The molecule has 0 heterocycles. The molecule has 0 aromatic heterocycles. The molecule has 0 spiro atoms. The van der Waals surface area contributed by atoms with Gasteiger partial charge in [0.1, 0.15) is 0 Å². The van der Waals surface area contributed by atoms with Crippen LogP contribution in [0, 0.1) is 11.8 Å². The molecule has 1 rings (SSSR count).